The predicted molar refractivity (Wildman–Crippen MR) is 104 cm³/mol. The quantitative estimate of drug-likeness (QED) is 0.419. The van der Waals surface area contributed by atoms with Gasteiger partial charge in [-0.2, -0.15) is 13.2 Å². The van der Waals surface area contributed by atoms with Gasteiger partial charge in [0, 0.05) is 30.8 Å². The van der Waals surface area contributed by atoms with Crippen molar-refractivity contribution in [3.8, 4) is 5.75 Å². The number of aryl methyl sites for hydroxylation is 2. The van der Waals surface area contributed by atoms with Crippen molar-refractivity contribution in [3.63, 3.8) is 0 Å². The van der Waals surface area contributed by atoms with Gasteiger partial charge >= 0.3 is 6.18 Å². The molecule has 1 unspecified atom stereocenters. The Morgan fingerprint density at radius 3 is 2.31 bits per heavy atom. The summed E-state index contributed by atoms with van der Waals surface area (Å²) in [6, 6.07) is 5.44. The number of nitrogens with zero attached hydrogens (tertiary/aromatic N) is 2. The van der Waals surface area contributed by atoms with Crippen molar-refractivity contribution in [2.24, 2.45) is 4.99 Å². The van der Waals surface area contributed by atoms with E-state index in [-0.39, 0.29) is 11.3 Å². The lowest BCUT2D eigenvalue weighted by molar-refractivity contribution is -0.249. The number of aliphatic hydroxyl groups is 1. The number of hydrogen-bond donors (Lipinski definition) is 1. The van der Waals surface area contributed by atoms with Crippen LogP contribution in [0.4, 0.5) is 23.2 Å². The lowest BCUT2D eigenvalue weighted by atomic mass is 9.82. The molecule has 0 aliphatic rings. The Labute approximate surface area is 167 Å². The summed E-state index contributed by atoms with van der Waals surface area (Å²) in [7, 11) is 3.01. The zero-order chi connectivity index (χ0) is 22.0. The highest BCUT2D eigenvalue weighted by Crippen LogP contribution is 2.49. The lowest BCUT2D eigenvalue weighted by Crippen LogP contribution is -2.44. The normalized spacial score (nSPS) is 14.1. The average molecular weight is 412 g/mol. The van der Waals surface area contributed by atoms with Crippen molar-refractivity contribution in [1.82, 2.24) is 4.90 Å². The minimum Gasteiger partial charge on any atom is -0.496 e. The van der Waals surface area contributed by atoms with Crippen molar-refractivity contribution < 1.29 is 27.4 Å². The van der Waals surface area contributed by atoms with Gasteiger partial charge in [-0.1, -0.05) is 6.07 Å². The van der Waals surface area contributed by atoms with E-state index in [4.69, 9.17) is 4.74 Å². The third-order valence-electron chi connectivity index (χ3n) is 4.80. The van der Waals surface area contributed by atoms with Gasteiger partial charge in [-0.15, -0.1) is 0 Å². The first-order chi connectivity index (χ1) is 13.4. The van der Waals surface area contributed by atoms with Crippen LogP contribution in [0.1, 0.15) is 29.2 Å². The Balaban J connectivity index is 2.77. The fraction of sp³-hybridized carbons (Fsp3) is 0.381. The van der Waals surface area contributed by atoms with E-state index in [0.29, 0.717) is 23.9 Å². The highest BCUT2D eigenvalue weighted by molar-refractivity contribution is 5.66. The molecule has 0 aromatic heterocycles. The van der Waals surface area contributed by atoms with Gasteiger partial charge in [0.05, 0.1) is 19.1 Å². The van der Waals surface area contributed by atoms with Crippen molar-refractivity contribution in [2.45, 2.75) is 32.5 Å². The summed E-state index contributed by atoms with van der Waals surface area (Å²) in [6.45, 7) is 5.58. The van der Waals surface area contributed by atoms with E-state index in [9.17, 15) is 22.7 Å². The molecule has 0 bridgehead atoms. The zero-order valence-corrected chi connectivity index (χ0v) is 16.9. The standard InChI is InChI=1S/C21H24F4N2O2/c1-6-27(4)12-26-18-11-19(29-5)17(9-14(18)3)20(28,21(23,24)25)16-10-15(22)8-7-13(16)2/h7-12,28H,6H2,1-5H3. The molecule has 0 heterocycles. The third kappa shape index (κ3) is 4.37. The van der Waals surface area contributed by atoms with Crippen LogP contribution in [-0.4, -0.2) is 43.2 Å². The van der Waals surface area contributed by atoms with Crippen molar-refractivity contribution >= 4 is 12.0 Å². The van der Waals surface area contributed by atoms with Gasteiger partial charge in [-0.05, 0) is 50.1 Å². The molecule has 8 heteroatoms. The number of alkyl halides is 3. The van der Waals surface area contributed by atoms with E-state index in [2.05, 4.69) is 4.99 Å². The van der Waals surface area contributed by atoms with E-state index < -0.39 is 28.7 Å². The number of methoxy groups -OCH3 is 1. The molecule has 1 N–H and O–H groups in total. The molecular weight excluding hydrogens is 388 g/mol. The molecule has 0 radical (unpaired) electrons. The zero-order valence-electron chi connectivity index (χ0n) is 16.9. The van der Waals surface area contributed by atoms with Gasteiger partial charge < -0.3 is 14.7 Å². The highest BCUT2D eigenvalue weighted by atomic mass is 19.4. The molecular formula is C21H24F4N2O2. The molecule has 2 aromatic rings. The fourth-order valence-electron chi connectivity index (χ4n) is 2.94. The molecule has 29 heavy (non-hydrogen) atoms. The van der Waals surface area contributed by atoms with Crippen LogP contribution in [0.15, 0.2) is 35.3 Å². The first-order valence-electron chi connectivity index (χ1n) is 8.95. The maximum atomic E-state index is 14.2. The SMILES string of the molecule is CCN(C)C=Nc1cc(OC)c(C(O)(c2cc(F)ccc2C)C(F)(F)F)cc1C. The molecule has 158 valence electrons. The maximum absolute atomic E-state index is 14.2. The molecule has 1 atom stereocenters. The van der Waals surface area contributed by atoms with Gasteiger partial charge in [-0.3, -0.25) is 0 Å². The Hall–Kier alpha value is -2.61. The van der Waals surface area contributed by atoms with Crippen molar-refractivity contribution in [1.29, 1.82) is 0 Å². The minimum absolute atomic E-state index is 0.0950. The van der Waals surface area contributed by atoms with Crippen LogP contribution in [0.5, 0.6) is 5.75 Å². The predicted octanol–water partition coefficient (Wildman–Crippen LogP) is 4.86. The van der Waals surface area contributed by atoms with Crippen molar-refractivity contribution in [3.05, 3.63) is 58.4 Å². The fourth-order valence-corrected chi connectivity index (χ4v) is 2.94. The number of benzene rings is 2. The molecule has 0 saturated heterocycles. The van der Waals surface area contributed by atoms with Crippen LogP contribution in [0.3, 0.4) is 0 Å². The number of hydrogen-bond acceptors (Lipinski definition) is 3. The second kappa shape index (κ2) is 8.41. The van der Waals surface area contributed by atoms with Crippen LogP contribution >= 0.6 is 0 Å². The summed E-state index contributed by atoms with van der Waals surface area (Å²) in [5.41, 5.74) is -3.69. The summed E-state index contributed by atoms with van der Waals surface area (Å²) < 4.78 is 61.5. The van der Waals surface area contributed by atoms with Gasteiger partial charge in [0.2, 0.25) is 5.60 Å². The summed E-state index contributed by atoms with van der Waals surface area (Å²) >= 11 is 0. The summed E-state index contributed by atoms with van der Waals surface area (Å²) in [5.74, 6) is -1.09. The average Bonchev–Trinajstić information content (AvgIpc) is 2.66. The second-order valence-corrected chi connectivity index (χ2v) is 6.82. The van der Waals surface area contributed by atoms with Gasteiger partial charge in [-0.25, -0.2) is 9.38 Å². The summed E-state index contributed by atoms with van der Waals surface area (Å²) in [6.07, 6.45) is -3.58. The van der Waals surface area contributed by atoms with Gasteiger partial charge in [0.25, 0.3) is 0 Å². The molecule has 0 amide bonds. The maximum Gasteiger partial charge on any atom is 0.425 e. The molecule has 2 aromatic carbocycles. The number of aliphatic imine (C=N–C) groups is 1. The monoisotopic (exact) mass is 412 g/mol. The minimum atomic E-state index is -5.13. The highest BCUT2D eigenvalue weighted by Gasteiger charge is 2.58. The molecule has 0 aliphatic carbocycles. The van der Waals surface area contributed by atoms with Gasteiger partial charge in [0.1, 0.15) is 11.6 Å². The van der Waals surface area contributed by atoms with Gasteiger partial charge in [0.15, 0.2) is 0 Å². The molecule has 2 rings (SSSR count). The first-order valence-corrected chi connectivity index (χ1v) is 8.95. The smallest absolute Gasteiger partial charge is 0.425 e. The topological polar surface area (TPSA) is 45.1 Å². The molecule has 0 spiro atoms. The van der Waals surface area contributed by atoms with E-state index >= 15 is 0 Å². The molecule has 0 saturated carbocycles. The Bertz CT molecular complexity index is 912. The van der Waals surface area contributed by atoms with E-state index in [0.717, 1.165) is 6.07 Å². The summed E-state index contributed by atoms with van der Waals surface area (Å²) in [5, 5.41) is 11.0. The number of halogens is 4. The van der Waals surface area contributed by atoms with Crippen molar-refractivity contribution in [2.75, 3.05) is 20.7 Å². The third-order valence-corrected chi connectivity index (χ3v) is 4.80. The Morgan fingerprint density at radius 2 is 1.76 bits per heavy atom. The Kier molecular flexibility index (Phi) is 6.57. The number of ether oxygens (including phenoxy) is 1. The van der Waals surface area contributed by atoms with Crippen LogP contribution in [0, 0.1) is 19.7 Å². The molecule has 0 aliphatic heterocycles. The van der Waals surface area contributed by atoms with E-state index in [1.54, 1.807) is 25.2 Å². The molecule has 4 nitrogen and oxygen atoms in total. The second-order valence-electron chi connectivity index (χ2n) is 6.82. The lowest BCUT2D eigenvalue weighted by Gasteiger charge is -2.34. The van der Waals surface area contributed by atoms with E-state index in [1.807, 2.05) is 6.92 Å². The largest absolute Gasteiger partial charge is 0.496 e. The summed E-state index contributed by atoms with van der Waals surface area (Å²) in [4.78, 5) is 6.07. The van der Waals surface area contributed by atoms with Crippen LogP contribution in [0.2, 0.25) is 0 Å². The first kappa shape index (κ1) is 22.7. The van der Waals surface area contributed by atoms with Crippen LogP contribution < -0.4 is 4.74 Å². The molecule has 0 fully saturated rings. The van der Waals surface area contributed by atoms with Crippen LogP contribution in [0.25, 0.3) is 0 Å². The van der Waals surface area contributed by atoms with Crippen LogP contribution in [-0.2, 0) is 5.60 Å². The van der Waals surface area contributed by atoms with E-state index in [1.165, 1.54) is 32.2 Å². The number of rotatable bonds is 6. The Morgan fingerprint density at radius 1 is 1.10 bits per heavy atom.